The van der Waals surface area contributed by atoms with Gasteiger partial charge >= 0.3 is 17.9 Å². The van der Waals surface area contributed by atoms with Gasteiger partial charge in [-0.15, -0.1) is 0 Å². The summed E-state index contributed by atoms with van der Waals surface area (Å²) in [6.45, 7) is 7.02. The highest BCUT2D eigenvalue weighted by atomic mass is 79.9. The average molecular weight is 444 g/mol. The molecule has 1 unspecified atom stereocenters. The topological polar surface area (TPSA) is 105 Å². The molecular formula is C19H26BrNO6. The maximum absolute atomic E-state index is 12.3. The van der Waals surface area contributed by atoms with E-state index in [-0.39, 0.29) is 32.7 Å². The molecule has 0 fully saturated rings. The zero-order valence-corrected chi connectivity index (χ0v) is 17.7. The summed E-state index contributed by atoms with van der Waals surface area (Å²) in [4.78, 5) is 35.5. The van der Waals surface area contributed by atoms with Crippen LogP contribution in [0, 0.1) is 12.8 Å². The lowest BCUT2D eigenvalue weighted by Crippen LogP contribution is -2.25. The van der Waals surface area contributed by atoms with Crippen LogP contribution in [0.4, 0.5) is 5.69 Å². The minimum Gasteiger partial charge on any atom is -0.466 e. The van der Waals surface area contributed by atoms with Crippen molar-refractivity contribution in [1.29, 1.82) is 0 Å². The third kappa shape index (κ3) is 6.86. The molecule has 0 saturated carbocycles. The Morgan fingerprint density at radius 1 is 1.15 bits per heavy atom. The van der Waals surface area contributed by atoms with Gasteiger partial charge in [-0.1, -0.05) is 0 Å². The van der Waals surface area contributed by atoms with E-state index >= 15 is 0 Å². The minimum absolute atomic E-state index is 0.0307. The molecule has 0 aliphatic heterocycles. The Bertz CT molecular complexity index is 704. The van der Waals surface area contributed by atoms with Crippen LogP contribution in [-0.4, -0.2) is 31.1 Å². The number of nitrogen functional groups attached to an aromatic ring is 1. The van der Waals surface area contributed by atoms with Gasteiger partial charge in [0.05, 0.1) is 25.6 Å². The first-order valence-electron chi connectivity index (χ1n) is 8.73. The molecule has 1 aromatic carbocycles. The summed E-state index contributed by atoms with van der Waals surface area (Å²) < 4.78 is 15.9. The van der Waals surface area contributed by atoms with E-state index in [4.69, 9.17) is 19.9 Å². The molecule has 1 rings (SSSR count). The highest BCUT2D eigenvalue weighted by molar-refractivity contribution is 9.10. The number of ether oxygens (including phenoxy) is 3. The number of benzene rings is 1. The van der Waals surface area contributed by atoms with Crippen LogP contribution in [-0.2, 0) is 41.6 Å². The number of carbonyl (C=O) groups is 3. The number of esters is 3. The van der Waals surface area contributed by atoms with E-state index in [1.165, 1.54) is 6.92 Å². The maximum atomic E-state index is 12.3. The second-order valence-electron chi connectivity index (χ2n) is 5.98. The van der Waals surface area contributed by atoms with Crippen molar-refractivity contribution >= 4 is 39.5 Å². The van der Waals surface area contributed by atoms with Crippen molar-refractivity contribution in [3.63, 3.8) is 0 Å². The highest BCUT2D eigenvalue weighted by Crippen LogP contribution is 2.32. The van der Waals surface area contributed by atoms with Gasteiger partial charge < -0.3 is 19.9 Å². The summed E-state index contributed by atoms with van der Waals surface area (Å²) in [7, 11) is 0. The van der Waals surface area contributed by atoms with Crippen molar-refractivity contribution in [2.24, 2.45) is 5.92 Å². The second-order valence-corrected chi connectivity index (χ2v) is 6.83. The number of nitrogens with two attached hydrogens (primary N) is 1. The van der Waals surface area contributed by atoms with Crippen LogP contribution in [0.25, 0.3) is 0 Å². The molecule has 0 bridgehead atoms. The molecular weight excluding hydrogens is 418 g/mol. The minimum atomic E-state index is -0.713. The van der Waals surface area contributed by atoms with Gasteiger partial charge in [-0.25, -0.2) is 0 Å². The number of carbonyl (C=O) groups excluding carboxylic acids is 3. The van der Waals surface area contributed by atoms with Crippen LogP contribution in [0.1, 0.15) is 43.9 Å². The predicted molar refractivity (Wildman–Crippen MR) is 104 cm³/mol. The Kier molecular flexibility index (Phi) is 9.28. The SMILES string of the molecule is CCOC(=O)CC(Cc1cc(Br)c(N)c(C)c1COC(C)=O)C(=O)OCC. The molecule has 0 radical (unpaired) electrons. The van der Waals surface area contributed by atoms with Gasteiger partial charge in [0.15, 0.2) is 0 Å². The summed E-state index contributed by atoms with van der Waals surface area (Å²) in [6, 6.07) is 1.78. The van der Waals surface area contributed by atoms with Crippen molar-refractivity contribution in [3.8, 4) is 0 Å². The van der Waals surface area contributed by atoms with Crippen LogP contribution >= 0.6 is 15.9 Å². The molecule has 0 spiro atoms. The predicted octanol–water partition coefficient (Wildman–Crippen LogP) is 3.08. The van der Waals surface area contributed by atoms with E-state index in [2.05, 4.69) is 15.9 Å². The fourth-order valence-electron chi connectivity index (χ4n) is 2.64. The molecule has 1 atom stereocenters. The van der Waals surface area contributed by atoms with E-state index in [1.807, 2.05) is 6.92 Å². The van der Waals surface area contributed by atoms with Gasteiger partial charge in [0, 0.05) is 17.1 Å². The van der Waals surface area contributed by atoms with Crippen molar-refractivity contribution < 1.29 is 28.6 Å². The molecule has 0 saturated heterocycles. The van der Waals surface area contributed by atoms with Crippen molar-refractivity contribution in [1.82, 2.24) is 0 Å². The molecule has 27 heavy (non-hydrogen) atoms. The summed E-state index contributed by atoms with van der Waals surface area (Å²) in [5.41, 5.74) is 8.80. The van der Waals surface area contributed by atoms with Crippen LogP contribution in [0.3, 0.4) is 0 Å². The zero-order chi connectivity index (χ0) is 20.6. The number of anilines is 1. The quantitative estimate of drug-likeness (QED) is 0.355. The molecule has 150 valence electrons. The summed E-state index contributed by atoms with van der Waals surface area (Å²) in [5, 5.41) is 0. The van der Waals surface area contributed by atoms with Crippen LogP contribution in [0.5, 0.6) is 0 Å². The van der Waals surface area contributed by atoms with Gasteiger partial charge in [-0.05, 0) is 65.9 Å². The fraction of sp³-hybridized carbons (Fsp3) is 0.526. The first kappa shape index (κ1) is 23.0. The summed E-state index contributed by atoms with van der Waals surface area (Å²) >= 11 is 3.40. The van der Waals surface area contributed by atoms with E-state index in [0.29, 0.717) is 15.7 Å². The fourth-order valence-corrected chi connectivity index (χ4v) is 3.22. The standard InChI is InChI=1S/C19H26BrNO6/c1-5-25-17(23)9-14(19(24)26-6-2)7-13-8-16(20)18(21)11(3)15(13)10-27-12(4)22/h8,14H,5-7,9-10,21H2,1-4H3. The molecule has 0 aromatic heterocycles. The van der Waals surface area contributed by atoms with E-state index in [0.717, 1.165) is 11.1 Å². The number of hydrogen-bond acceptors (Lipinski definition) is 7. The lowest BCUT2D eigenvalue weighted by Gasteiger charge is -2.20. The van der Waals surface area contributed by atoms with E-state index < -0.39 is 23.8 Å². The Balaban J connectivity index is 3.22. The third-order valence-corrected chi connectivity index (χ3v) is 4.68. The Hall–Kier alpha value is -2.09. The number of halogens is 1. The maximum Gasteiger partial charge on any atom is 0.309 e. The first-order chi connectivity index (χ1) is 12.7. The van der Waals surface area contributed by atoms with Crippen LogP contribution in [0.2, 0.25) is 0 Å². The summed E-state index contributed by atoms with van der Waals surface area (Å²) in [5.74, 6) is -2.08. The van der Waals surface area contributed by atoms with Crippen LogP contribution < -0.4 is 5.73 Å². The zero-order valence-electron chi connectivity index (χ0n) is 16.1. The van der Waals surface area contributed by atoms with Gasteiger partial charge in [-0.2, -0.15) is 0 Å². The van der Waals surface area contributed by atoms with Crippen molar-refractivity contribution in [2.45, 2.75) is 47.1 Å². The monoisotopic (exact) mass is 443 g/mol. The normalized spacial score (nSPS) is 11.6. The highest BCUT2D eigenvalue weighted by Gasteiger charge is 2.26. The lowest BCUT2D eigenvalue weighted by atomic mass is 9.91. The van der Waals surface area contributed by atoms with Gasteiger partial charge in [0.2, 0.25) is 0 Å². The smallest absolute Gasteiger partial charge is 0.309 e. The molecule has 0 aliphatic rings. The molecule has 8 heteroatoms. The van der Waals surface area contributed by atoms with Gasteiger partial charge in [0.1, 0.15) is 6.61 Å². The molecule has 0 heterocycles. The Labute approximate surface area is 167 Å². The van der Waals surface area contributed by atoms with Gasteiger partial charge in [0.25, 0.3) is 0 Å². The third-order valence-electron chi connectivity index (χ3n) is 4.03. The summed E-state index contributed by atoms with van der Waals surface area (Å²) in [6.07, 6.45) is 0.134. The van der Waals surface area contributed by atoms with Crippen molar-refractivity contribution in [2.75, 3.05) is 18.9 Å². The lowest BCUT2D eigenvalue weighted by molar-refractivity contribution is -0.154. The van der Waals surface area contributed by atoms with Crippen LogP contribution in [0.15, 0.2) is 10.5 Å². The Morgan fingerprint density at radius 2 is 1.78 bits per heavy atom. The Morgan fingerprint density at radius 3 is 2.33 bits per heavy atom. The first-order valence-corrected chi connectivity index (χ1v) is 9.52. The van der Waals surface area contributed by atoms with Crippen molar-refractivity contribution in [3.05, 3.63) is 27.2 Å². The largest absolute Gasteiger partial charge is 0.466 e. The van der Waals surface area contributed by atoms with E-state index in [1.54, 1.807) is 19.9 Å². The molecule has 1 aromatic rings. The average Bonchev–Trinajstić information content (AvgIpc) is 2.59. The number of hydrogen-bond donors (Lipinski definition) is 1. The second kappa shape index (κ2) is 10.9. The van der Waals surface area contributed by atoms with Gasteiger partial charge in [-0.3, -0.25) is 14.4 Å². The van der Waals surface area contributed by atoms with E-state index in [9.17, 15) is 14.4 Å². The molecule has 2 N–H and O–H groups in total. The number of rotatable bonds is 9. The molecule has 0 amide bonds. The molecule has 7 nitrogen and oxygen atoms in total. The molecule has 0 aliphatic carbocycles.